The predicted molar refractivity (Wildman–Crippen MR) is 93.7 cm³/mol. The molecule has 0 spiro atoms. The molecule has 0 aromatic heterocycles. The van der Waals surface area contributed by atoms with E-state index in [2.05, 4.69) is 13.8 Å². The minimum atomic E-state index is -1.18. The van der Waals surface area contributed by atoms with Gasteiger partial charge in [-0.05, 0) is 74.7 Å². The van der Waals surface area contributed by atoms with Gasteiger partial charge in [-0.1, -0.05) is 19.4 Å². The van der Waals surface area contributed by atoms with Gasteiger partial charge < -0.3 is 10.2 Å². The number of Topliss-reactive ketones (excluding diaryl/α,β-unsaturated/α-hetero) is 2. The van der Waals surface area contributed by atoms with Crippen LogP contribution in [0.25, 0.3) is 0 Å². The van der Waals surface area contributed by atoms with Crippen molar-refractivity contribution >= 4 is 11.6 Å². The molecule has 4 nitrogen and oxygen atoms in total. The molecule has 4 aliphatic carbocycles. The third-order valence-electron chi connectivity index (χ3n) is 8.70. The van der Waals surface area contributed by atoms with Gasteiger partial charge >= 0.3 is 0 Å². The van der Waals surface area contributed by atoms with Crippen molar-refractivity contribution in [1.82, 2.24) is 0 Å². The normalized spacial score (nSPS) is 52.0. The molecule has 0 heterocycles. The molecule has 4 aliphatic rings. The molecule has 2 N–H and O–H groups in total. The molecule has 138 valence electrons. The SMILES string of the molecule is CC(=O)[C@@]1(O)CC[C@H]2[C@@H]3CCC4=CC(O)C(=O)C[C@]4(C)[C@H]3CC[C@@]21C. The number of aliphatic hydroxyl groups excluding tert-OH is 1. The number of allylic oxidation sites excluding steroid dienone is 1. The van der Waals surface area contributed by atoms with Crippen molar-refractivity contribution in [3.63, 3.8) is 0 Å². The molecule has 0 bridgehead atoms. The van der Waals surface area contributed by atoms with Crippen molar-refractivity contribution in [2.75, 3.05) is 0 Å². The predicted octanol–water partition coefficient (Wildman–Crippen LogP) is 2.81. The fraction of sp³-hybridized carbons (Fsp3) is 0.810. The summed E-state index contributed by atoms with van der Waals surface area (Å²) in [6.07, 6.45) is 6.54. The molecule has 3 saturated carbocycles. The van der Waals surface area contributed by atoms with Crippen LogP contribution in [0.15, 0.2) is 11.6 Å². The smallest absolute Gasteiger partial charge is 0.166 e. The Bertz CT molecular complexity index is 667. The van der Waals surface area contributed by atoms with E-state index in [1.54, 1.807) is 6.08 Å². The van der Waals surface area contributed by atoms with Crippen LogP contribution >= 0.6 is 0 Å². The molecule has 25 heavy (non-hydrogen) atoms. The monoisotopic (exact) mass is 346 g/mol. The van der Waals surface area contributed by atoms with E-state index in [4.69, 9.17) is 0 Å². The van der Waals surface area contributed by atoms with Gasteiger partial charge in [-0.15, -0.1) is 0 Å². The maximum atomic E-state index is 12.2. The van der Waals surface area contributed by atoms with Crippen molar-refractivity contribution in [2.45, 2.75) is 77.4 Å². The third-order valence-corrected chi connectivity index (χ3v) is 8.70. The highest BCUT2D eigenvalue weighted by Crippen LogP contribution is 2.67. The van der Waals surface area contributed by atoms with Crippen LogP contribution in [0.5, 0.6) is 0 Å². The lowest BCUT2D eigenvalue weighted by Gasteiger charge is -2.58. The van der Waals surface area contributed by atoms with E-state index in [9.17, 15) is 19.8 Å². The van der Waals surface area contributed by atoms with E-state index in [1.807, 2.05) is 0 Å². The van der Waals surface area contributed by atoms with Gasteiger partial charge in [0, 0.05) is 11.8 Å². The Kier molecular flexibility index (Phi) is 3.66. The molecule has 4 heteroatoms. The molecular formula is C21H30O4. The minimum Gasteiger partial charge on any atom is -0.382 e. The van der Waals surface area contributed by atoms with Crippen LogP contribution in [0.3, 0.4) is 0 Å². The summed E-state index contributed by atoms with van der Waals surface area (Å²) < 4.78 is 0. The molecule has 0 aromatic carbocycles. The fourth-order valence-electron chi connectivity index (χ4n) is 7.19. The van der Waals surface area contributed by atoms with Crippen LogP contribution in [0.4, 0.5) is 0 Å². The van der Waals surface area contributed by atoms with E-state index in [1.165, 1.54) is 12.5 Å². The summed E-state index contributed by atoms with van der Waals surface area (Å²) in [5.74, 6) is 1.07. The lowest BCUT2D eigenvalue weighted by Crippen LogP contribution is -2.57. The highest BCUT2D eigenvalue weighted by Gasteiger charge is 2.65. The first kappa shape index (κ1) is 17.4. The Balaban J connectivity index is 1.70. The maximum absolute atomic E-state index is 12.2. The number of fused-ring (bicyclic) bond motifs is 5. The van der Waals surface area contributed by atoms with E-state index >= 15 is 0 Å². The first-order valence-corrected chi connectivity index (χ1v) is 9.79. The number of rotatable bonds is 1. The summed E-state index contributed by atoms with van der Waals surface area (Å²) >= 11 is 0. The molecule has 3 fully saturated rings. The molecular weight excluding hydrogens is 316 g/mol. The van der Waals surface area contributed by atoms with Crippen molar-refractivity contribution in [3.05, 3.63) is 11.6 Å². The van der Waals surface area contributed by atoms with Crippen LogP contribution in [-0.2, 0) is 9.59 Å². The minimum absolute atomic E-state index is 0.0631. The van der Waals surface area contributed by atoms with Gasteiger partial charge in [0.15, 0.2) is 11.6 Å². The van der Waals surface area contributed by atoms with Crippen molar-refractivity contribution in [2.24, 2.45) is 28.6 Å². The quantitative estimate of drug-likeness (QED) is 0.716. The second-order valence-corrected chi connectivity index (χ2v) is 9.52. The lowest BCUT2D eigenvalue weighted by molar-refractivity contribution is -0.160. The molecule has 0 radical (unpaired) electrons. The molecule has 4 rings (SSSR count). The number of aliphatic hydroxyl groups is 2. The van der Waals surface area contributed by atoms with E-state index in [0.717, 1.165) is 32.1 Å². The van der Waals surface area contributed by atoms with Crippen molar-refractivity contribution in [1.29, 1.82) is 0 Å². The third kappa shape index (κ3) is 2.07. The lowest BCUT2D eigenvalue weighted by atomic mass is 9.46. The number of hydrogen-bond donors (Lipinski definition) is 2. The van der Waals surface area contributed by atoms with Gasteiger partial charge in [0.2, 0.25) is 0 Å². The number of hydrogen-bond acceptors (Lipinski definition) is 4. The van der Waals surface area contributed by atoms with Crippen LogP contribution in [0.1, 0.15) is 65.7 Å². The Hall–Kier alpha value is -1.00. The summed E-state index contributed by atoms with van der Waals surface area (Å²) in [6, 6.07) is 0. The number of ketones is 2. The van der Waals surface area contributed by atoms with Crippen LogP contribution in [0.2, 0.25) is 0 Å². The Labute approximate surface area is 149 Å². The largest absolute Gasteiger partial charge is 0.382 e. The van der Waals surface area contributed by atoms with Crippen LogP contribution < -0.4 is 0 Å². The fourth-order valence-corrected chi connectivity index (χ4v) is 7.19. The highest BCUT2D eigenvalue weighted by molar-refractivity contribution is 5.87. The Morgan fingerprint density at radius 3 is 2.52 bits per heavy atom. The zero-order valence-electron chi connectivity index (χ0n) is 15.5. The standard InChI is InChI=1S/C21H30O4/c1-12(22)21(25)9-7-16-14-5-4-13-10-17(23)18(24)11-19(13,2)15(14)6-8-20(16,21)3/h10,14-17,23,25H,4-9,11H2,1-3H3/t14-,15+,16+,17?,19+,20+,21+/m1/s1. The average molecular weight is 346 g/mol. The van der Waals surface area contributed by atoms with Crippen molar-refractivity contribution in [3.8, 4) is 0 Å². The molecule has 1 unspecified atom stereocenters. The van der Waals surface area contributed by atoms with Gasteiger partial charge in [-0.3, -0.25) is 9.59 Å². The number of carbonyl (C=O) groups is 2. The van der Waals surface area contributed by atoms with Crippen LogP contribution in [-0.4, -0.2) is 33.5 Å². The first-order chi connectivity index (χ1) is 11.6. The average Bonchev–Trinajstić information content (AvgIpc) is 2.82. The highest BCUT2D eigenvalue weighted by atomic mass is 16.3. The Morgan fingerprint density at radius 1 is 1.16 bits per heavy atom. The molecule has 0 amide bonds. The summed E-state index contributed by atoms with van der Waals surface area (Å²) in [4.78, 5) is 24.5. The van der Waals surface area contributed by atoms with Crippen LogP contribution in [0, 0.1) is 28.6 Å². The second kappa shape index (κ2) is 5.26. The zero-order chi connectivity index (χ0) is 18.2. The summed E-state index contributed by atoms with van der Waals surface area (Å²) in [5, 5.41) is 21.1. The van der Waals surface area contributed by atoms with Gasteiger partial charge in [-0.2, -0.15) is 0 Å². The van der Waals surface area contributed by atoms with Gasteiger partial charge in [0.25, 0.3) is 0 Å². The van der Waals surface area contributed by atoms with E-state index < -0.39 is 11.7 Å². The summed E-state index contributed by atoms with van der Waals surface area (Å²) in [6.45, 7) is 5.85. The maximum Gasteiger partial charge on any atom is 0.166 e. The summed E-state index contributed by atoms with van der Waals surface area (Å²) in [5.41, 5.74) is -0.421. The van der Waals surface area contributed by atoms with Crippen molar-refractivity contribution < 1.29 is 19.8 Å². The molecule has 0 aliphatic heterocycles. The molecule has 7 atom stereocenters. The second-order valence-electron chi connectivity index (χ2n) is 9.52. The van der Waals surface area contributed by atoms with E-state index in [0.29, 0.717) is 30.6 Å². The molecule has 0 saturated heterocycles. The Morgan fingerprint density at radius 2 is 1.84 bits per heavy atom. The summed E-state index contributed by atoms with van der Waals surface area (Å²) in [7, 11) is 0. The van der Waals surface area contributed by atoms with Gasteiger partial charge in [-0.25, -0.2) is 0 Å². The van der Waals surface area contributed by atoms with Gasteiger partial charge in [0.05, 0.1) is 0 Å². The topological polar surface area (TPSA) is 74.6 Å². The first-order valence-electron chi connectivity index (χ1n) is 9.79. The zero-order valence-corrected chi connectivity index (χ0v) is 15.5. The number of carbonyl (C=O) groups excluding carboxylic acids is 2. The van der Waals surface area contributed by atoms with E-state index in [-0.39, 0.29) is 22.4 Å². The molecule has 0 aromatic rings. The van der Waals surface area contributed by atoms with Gasteiger partial charge in [0.1, 0.15) is 11.7 Å².